The number of sulfonamides is 1. The molecule has 1 aliphatic rings. The lowest BCUT2D eigenvalue weighted by Gasteiger charge is -2.31. The monoisotopic (exact) mass is 474 g/mol. The fourth-order valence-corrected chi connectivity index (χ4v) is 6.08. The Morgan fingerprint density at radius 1 is 1.26 bits per heavy atom. The molecule has 1 unspecified atom stereocenters. The molecule has 5 nitrogen and oxygen atoms in total. The zero-order valence-corrected chi connectivity index (χ0v) is 17.7. The molecule has 3 rings (SSSR count). The van der Waals surface area contributed by atoms with Gasteiger partial charge in [-0.3, -0.25) is 4.79 Å². The third kappa shape index (κ3) is 5.16. The van der Waals surface area contributed by atoms with E-state index in [2.05, 4.69) is 21.2 Å². The first-order valence-corrected chi connectivity index (χ1v) is 11.7. The van der Waals surface area contributed by atoms with E-state index in [0.717, 1.165) is 22.3 Å². The predicted octanol–water partition coefficient (Wildman–Crippen LogP) is 3.41. The van der Waals surface area contributed by atoms with Crippen LogP contribution in [0.1, 0.15) is 17.7 Å². The number of halogens is 2. The number of hydrogen-bond acceptors (Lipinski definition) is 4. The Balaban J connectivity index is 1.58. The first kappa shape index (κ1) is 20.4. The van der Waals surface area contributed by atoms with Gasteiger partial charge in [-0.2, -0.15) is 4.31 Å². The lowest BCUT2D eigenvalue weighted by Crippen LogP contribution is -2.45. The number of nitrogens with one attached hydrogen (secondary N) is 1. The van der Waals surface area contributed by atoms with Crippen molar-refractivity contribution in [3.8, 4) is 0 Å². The Kier molecular flexibility index (Phi) is 6.67. The van der Waals surface area contributed by atoms with Gasteiger partial charge < -0.3 is 5.32 Å². The predicted molar refractivity (Wildman–Crippen MR) is 107 cm³/mol. The van der Waals surface area contributed by atoms with Crippen LogP contribution in [0.4, 0.5) is 4.39 Å². The van der Waals surface area contributed by atoms with E-state index >= 15 is 0 Å². The van der Waals surface area contributed by atoms with Crippen LogP contribution in [0.2, 0.25) is 0 Å². The van der Waals surface area contributed by atoms with Crippen molar-refractivity contribution in [2.24, 2.45) is 5.92 Å². The highest BCUT2D eigenvalue weighted by Gasteiger charge is 2.33. The largest absolute Gasteiger partial charge is 0.355 e. The zero-order chi connectivity index (χ0) is 19.4. The molecular weight excluding hydrogens is 455 g/mol. The molecule has 1 aliphatic heterocycles. The van der Waals surface area contributed by atoms with Gasteiger partial charge in [0.25, 0.3) is 0 Å². The summed E-state index contributed by atoms with van der Waals surface area (Å²) in [6.45, 7) is 1.04. The van der Waals surface area contributed by atoms with Crippen molar-refractivity contribution < 1.29 is 17.6 Å². The van der Waals surface area contributed by atoms with Gasteiger partial charge in [0.1, 0.15) is 5.82 Å². The normalized spacial score (nSPS) is 18.4. The van der Waals surface area contributed by atoms with Gasteiger partial charge in [-0.15, -0.1) is 11.3 Å². The lowest BCUT2D eigenvalue weighted by atomic mass is 9.99. The highest BCUT2D eigenvalue weighted by molar-refractivity contribution is 9.11. The van der Waals surface area contributed by atoms with Crippen molar-refractivity contribution >= 4 is 43.2 Å². The second-order valence-electron chi connectivity index (χ2n) is 6.40. The van der Waals surface area contributed by atoms with E-state index in [1.807, 2.05) is 12.1 Å². The first-order chi connectivity index (χ1) is 12.9. The average Bonchev–Trinajstić information content (AvgIpc) is 3.07. The summed E-state index contributed by atoms with van der Waals surface area (Å²) in [5.74, 6) is -0.976. The Bertz CT molecular complexity index is 900. The van der Waals surface area contributed by atoms with E-state index in [1.165, 1.54) is 21.3 Å². The molecule has 1 N–H and O–H groups in total. The highest BCUT2D eigenvalue weighted by Crippen LogP contribution is 2.25. The van der Waals surface area contributed by atoms with Crippen LogP contribution in [0.15, 0.2) is 45.1 Å². The van der Waals surface area contributed by atoms with Gasteiger partial charge in [-0.25, -0.2) is 12.8 Å². The second kappa shape index (κ2) is 8.81. The van der Waals surface area contributed by atoms with E-state index in [1.54, 1.807) is 11.3 Å². The van der Waals surface area contributed by atoms with Gasteiger partial charge in [0.05, 0.1) is 14.6 Å². The van der Waals surface area contributed by atoms with Gasteiger partial charge in [0.2, 0.25) is 15.9 Å². The Morgan fingerprint density at radius 3 is 2.67 bits per heavy atom. The number of piperidine rings is 1. The maximum Gasteiger partial charge on any atom is 0.243 e. The maximum absolute atomic E-state index is 13.1. The minimum atomic E-state index is -3.72. The van der Waals surface area contributed by atoms with E-state index in [0.29, 0.717) is 25.9 Å². The van der Waals surface area contributed by atoms with Crippen LogP contribution in [-0.2, 0) is 21.2 Å². The van der Waals surface area contributed by atoms with Crippen molar-refractivity contribution in [2.75, 3.05) is 19.6 Å². The number of hydrogen-bond donors (Lipinski definition) is 1. The molecule has 0 aliphatic carbocycles. The third-order valence-corrected chi connectivity index (χ3v) is 8.07. The summed E-state index contributed by atoms with van der Waals surface area (Å²) in [6.07, 6.45) is 2.02. The summed E-state index contributed by atoms with van der Waals surface area (Å²) in [5, 5.41) is 2.91. The number of nitrogens with zero attached hydrogens (tertiary/aromatic N) is 1. The van der Waals surface area contributed by atoms with Gasteiger partial charge in [0.15, 0.2) is 0 Å². The smallest absolute Gasteiger partial charge is 0.243 e. The van der Waals surface area contributed by atoms with Crippen molar-refractivity contribution in [3.05, 3.63) is 50.9 Å². The molecule has 9 heteroatoms. The number of amides is 1. The standard InChI is InChI=1S/C18H20BrFN2O3S2/c19-17-8-5-15(26-17)9-10-21-18(23)13-2-1-11-22(12-13)27(24,25)16-6-3-14(20)4-7-16/h3-8,13H,1-2,9-12H2,(H,21,23). The van der Waals surface area contributed by atoms with Crippen LogP contribution in [0, 0.1) is 11.7 Å². The number of carbonyl (C=O) groups is 1. The quantitative estimate of drug-likeness (QED) is 0.697. The van der Waals surface area contributed by atoms with E-state index in [4.69, 9.17) is 0 Å². The van der Waals surface area contributed by atoms with Gasteiger partial charge >= 0.3 is 0 Å². The summed E-state index contributed by atoms with van der Waals surface area (Å²) in [5.41, 5.74) is 0. The molecule has 0 saturated carbocycles. The number of carbonyl (C=O) groups excluding carboxylic acids is 1. The fraction of sp³-hybridized carbons (Fsp3) is 0.389. The molecule has 1 saturated heterocycles. The van der Waals surface area contributed by atoms with Crippen LogP contribution in [-0.4, -0.2) is 38.3 Å². The maximum atomic E-state index is 13.1. The summed E-state index contributed by atoms with van der Waals surface area (Å²) in [6, 6.07) is 8.76. The Labute approximate surface area is 170 Å². The topological polar surface area (TPSA) is 66.5 Å². The summed E-state index contributed by atoms with van der Waals surface area (Å²) in [7, 11) is -3.72. The number of thiophene rings is 1. The molecule has 1 amide bonds. The first-order valence-electron chi connectivity index (χ1n) is 8.64. The van der Waals surface area contributed by atoms with Crippen molar-refractivity contribution in [1.82, 2.24) is 9.62 Å². The van der Waals surface area contributed by atoms with Crippen LogP contribution in [0.5, 0.6) is 0 Å². The third-order valence-electron chi connectivity index (χ3n) is 4.51. The molecule has 2 heterocycles. The lowest BCUT2D eigenvalue weighted by molar-refractivity contribution is -0.126. The van der Waals surface area contributed by atoms with Crippen LogP contribution in [0.3, 0.4) is 0 Å². The molecular formula is C18H20BrFN2O3S2. The van der Waals surface area contributed by atoms with Gasteiger partial charge in [-0.1, -0.05) is 0 Å². The fourth-order valence-electron chi connectivity index (χ4n) is 3.07. The summed E-state index contributed by atoms with van der Waals surface area (Å²) < 4.78 is 40.9. The van der Waals surface area contributed by atoms with Gasteiger partial charge in [-0.05, 0) is 71.6 Å². The molecule has 0 bridgehead atoms. The molecule has 1 aromatic heterocycles. The van der Waals surface area contributed by atoms with Crippen molar-refractivity contribution in [2.45, 2.75) is 24.2 Å². The Morgan fingerprint density at radius 2 is 2.00 bits per heavy atom. The van der Waals surface area contributed by atoms with E-state index < -0.39 is 15.8 Å². The van der Waals surface area contributed by atoms with Crippen molar-refractivity contribution in [3.63, 3.8) is 0 Å². The molecule has 1 fully saturated rings. The summed E-state index contributed by atoms with van der Waals surface area (Å²) in [4.78, 5) is 13.7. The highest BCUT2D eigenvalue weighted by atomic mass is 79.9. The van der Waals surface area contributed by atoms with Crippen molar-refractivity contribution in [1.29, 1.82) is 0 Å². The molecule has 1 aromatic carbocycles. The SMILES string of the molecule is O=C(NCCc1ccc(Br)s1)C1CCCN(S(=O)(=O)c2ccc(F)cc2)C1. The Hall–Kier alpha value is -1.29. The second-order valence-corrected chi connectivity index (χ2v) is 10.9. The number of rotatable bonds is 6. The van der Waals surface area contributed by atoms with Crippen LogP contribution >= 0.6 is 27.3 Å². The molecule has 146 valence electrons. The zero-order valence-electron chi connectivity index (χ0n) is 14.5. The minimum absolute atomic E-state index is 0.0493. The van der Waals surface area contributed by atoms with E-state index in [9.17, 15) is 17.6 Å². The van der Waals surface area contributed by atoms with Crippen LogP contribution in [0.25, 0.3) is 0 Å². The van der Waals surface area contributed by atoms with Crippen LogP contribution < -0.4 is 5.32 Å². The van der Waals surface area contributed by atoms with Gasteiger partial charge in [0, 0.05) is 24.5 Å². The average molecular weight is 475 g/mol. The molecule has 0 spiro atoms. The summed E-state index contributed by atoms with van der Waals surface area (Å²) >= 11 is 5.04. The number of benzene rings is 1. The molecule has 1 atom stereocenters. The molecule has 2 aromatic rings. The molecule has 0 radical (unpaired) electrons. The molecule has 27 heavy (non-hydrogen) atoms. The van der Waals surface area contributed by atoms with E-state index in [-0.39, 0.29) is 23.3 Å². The minimum Gasteiger partial charge on any atom is -0.355 e.